The van der Waals surface area contributed by atoms with E-state index in [2.05, 4.69) is 20.3 Å². The topological polar surface area (TPSA) is 134 Å². The van der Waals surface area contributed by atoms with Crippen molar-refractivity contribution in [3.63, 3.8) is 0 Å². The third kappa shape index (κ3) is 6.05. The smallest absolute Gasteiger partial charge is 0.319 e. The Kier molecular flexibility index (Phi) is 7.11. The van der Waals surface area contributed by atoms with Crippen LogP contribution in [0.3, 0.4) is 0 Å². The zero-order valence-corrected chi connectivity index (χ0v) is 18.8. The van der Waals surface area contributed by atoms with E-state index in [9.17, 15) is 21.6 Å². The average Bonchev–Trinajstić information content (AvgIpc) is 2.79. The molecule has 2 amide bonds. The van der Waals surface area contributed by atoms with Gasteiger partial charge in [0, 0.05) is 30.3 Å². The van der Waals surface area contributed by atoms with Gasteiger partial charge in [0.25, 0.3) is 0 Å². The van der Waals surface area contributed by atoms with Crippen LogP contribution in [0.2, 0.25) is 0 Å². The predicted octanol–water partition coefficient (Wildman–Crippen LogP) is 3.00. The molecule has 0 spiro atoms. The second-order valence-electron chi connectivity index (χ2n) is 6.73. The number of rotatable bonds is 8. The highest BCUT2D eigenvalue weighted by atomic mass is 32.2. The Morgan fingerprint density at radius 3 is 2.31 bits per heavy atom. The number of pyridine rings is 1. The first-order valence-corrected chi connectivity index (χ1v) is 12.7. The number of carbonyl (C=O) groups excluding carboxylic acids is 1. The van der Waals surface area contributed by atoms with Crippen molar-refractivity contribution in [3.05, 3.63) is 78.6 Å². The number of hydrogen-bond donors (Lipinski definition) is 3. The first kappa shape index (κ1) is 23.2. The molecule has 0 aliphatic rings. The molecule has 0 radical (unpaired) electrons. The van der Waals surface area contributed by atoms with E-state index in [1.54, 1.807) is 18.5 Å². The molecule has 0 aliphatic carbocycles. The van der Waals surface area contributed by atoms with Gasteiger partial charge in [-0.05, 0) is 61.0 Å². The number of urea groups is 1. The second-order valence-corrected chi connectivity index (χ2v) is 10.7. The van der Waals surface area contributed by atoms with Crippen molar-refractivity contribution in [1.29, 1.82) is 0 Å². The van der Waals surface area contributed by atoms with Crippen LogP contribution >= 0.6 is 0 Å². The zero-order chi connectivity index (χ0) is 23.2. The molecule has 0 unspecified atom stereocenters. The predicted molar refractivity (Wildman–Crippen MR) is 122 cm³/mol. The lowest BCUT2D eigenvalue weighted by Gasteiger charge is -2.10. The van der Waals surface area contributed by atoms with Crippen molar-refractivity contribution in [1.82, 2.24) is 10.3 Å². The van der Waals surface area contributed by atoms with Gasteiger partial charge in [0.2, 0.25) is 19.9 Å². The molecule has 0 saturated carbocycles. The highest BCUT2D eigenvalue weighted by Gasteiger charge is 2.19. The van der Waals surface area contributed by atoms with E-state index in [-0.39, 0.29) is 21.2 Å². The summed E-state index contributed by atoms with van der Waals surface area (Å²) in [5, 5.41) is 5.31. The Morgan fingerprint density at radius 1 is 0.906 bits per heavy atom. The molecule has 1 heterocycles. The average molecular weight is 475 g/mol. The van der Waals surface area contributed by atoms with Crippen molar-refractivity contribution in [2.24, 2.45) is 0 Å². The number of amides is 2. The molecule has 0 aliphatic heterocycles. The van der Waals surface area contributed by atoms with E-state index in [0.717, 1.165) is 5.56 Å². The number of nitrogens with zero attached hydrogens (tertiary/aromatic N) is 1. The SMILES string of the molecule is CCS(=O)(=O)Nc1cccc(S(=O)(=O)c2ccc(NC(=O)NCc3cccnc3)cc2)c1. The number of sulfonamides is 1. The molecule has 2 aromatic carbocycles. The van der Waals surface area contributed by atoms with Gasteiger partial charge in [0.15, 0.2) is 0 Å². The van der Waals surface area contributed by atoms with Crippen LogP contribution in [0.15, 0.2) is 82.8 Å². The minimum absolute atomic E-state index is 0.00863. The first-order chi connectivity index (χ1) is 15.2. The third-order valence-electron chi connectivity index (χ3n) is 4.40. The fraction of sp³-hybridized carbons (Fsp3) is 0.143. The van der Waals surface area contributed by atoms with Crippen molar-refractivity contribution >= 4 is 37.3 Å². The summed E-state index contributed by atoms with van der Waals surface area (Å²) in [5.41, 5.74) is 1.42. The minimum atomic E-state index is -3.89. The van der Waals surface area contributed by atoms with Gasteiger partial charge in [0.1, 0.15) is 0 Å². The highest BCUT2D eigenvalue weighted by molar-refractivity contribution is 7.92. The summed E-state index contributed by atoms with van der Waals surface area (Å²) in [7, 11) is -7.42. The number of anilines is 2. The van der Waals surface area contributed by atoms with E-state index in [0.29, 0.717) is 12.2 Å². The molecular weight excluding hydrogens is 452 g/mol. The van der Waals surface area contributed by atoms with Crippen LogP contribution in [-0.4, -0.2) is 33.6 Å². The van der Waals surface area contributed by atoms with Crippen molar-refractivity contribution in [2.45, 2.75) is 23.3 Å². The second kappa shape index (κ2) is 9.79. The molecule has 0 bridgehead atoms. The molecule has 0 fully saturated rings. The first-order valence-electron chi connectivity index (χ1n) is 9.59. The largest absolute Gasteiger partial charge is 0.334 e. The number of nitrogens with one attached hydrogen (secondary N) is 3. The lowest BCUT2D eigenvalue weighted by Crippen LogP contribution is -2.28. The highest BCUT2D eigenvalue weighted by Crippen LogP contribution is 2.25. The van der Waals surface area contributed by atoms with Crippen molar-refractivity contribution in [3.8, 4) is 0 Å². The van der Waals surface area contributed by atoms with Crippen LogP contribution < -0.4 is 15.4 Å². The summed E-state index contributed by atoms with van der Waals surface area (Å²) in [5.74, 6) is -0.131. The Labute approximate surface area is 186 Å². The van der Waals surface area contributed by atoms with Gasteiger partial charge in [-0.3, -0.25) is 9.71 Å². The molecule has 3 rings (SSSR count). The van der Waals surface area contributed by atoms with Crippen LogP contribution in [-0.2, 0) is 26.4 Å². The van der Waals surface area contributed by atoms with Gasteiger partial charge < -0.3 is 10.6 Å². The number of sulfone groups is 1. The summed E-state index contributed by atoms with van der Waals surface area (Å²) in [4.78, 5) is 16.0. The standard InChI is InChI=1S/C21H22N4O5S2/c1-2-31(27,28)25-18-6-3-7-20(13-18)32(29,30)19-10-8-17(9-11-19)24-21(26)23-15-16-5-4-12-22-14-16/h3-14,25H,2,15H2,1H3,(H2,23,24,26). The lowest BCUT2D eigenvalue weighted by molar-refractivity contribution is 0.251. The summed E-state index contributed by atoms with van der Waals surface area (Å²) in [6.45, 7) is 1.78. The number of hydrogen-bond acceptors (Lipinski definition) is 6. The van der Waals surface area contributed by atoms with Crippen LogP contribution in [0.1, 0.15) is 12.5 Å². The maximum Gasteiger partial charge on any atom is 0.319 e. The fourth-order valence-electron chi connectivity index (χ4n) is 2.69. The quantitative estimate of drug-likeness (QED) is 0.459. The van der Waals surface area contributed by atoms with Crippen molar-refractivity contribution in [2.75, 3.05) is 15.8 Å². The van der Waals surface area contributed by atoms with E-state index in [1.807, 2.05) is 6.07 Å². The van der Waals surface area contributed by atoms with Gasteiger partial charge in [-0.25, -0.2) is 21.6 Å². The summed E-state index contributed by atoms with van der Waals surface area (Å²) < 4.78 is 51.7. The molecule has 168 valence electrons. The van der Waals surface area contributed by atoms with E-state index >= 15 is 0 Å². The minimum Gasteiger partial charge on any atom is -0.334 e. The molecule has 1 aromatic heterocycles. The monoisotopic (exact) mass is 474 g/mol. The summed E-state index contributed by atoms with van der Waals surface area (Å²) in [6.07, 6.45) is 3.28. The fourth-order valence-corrected chi connectivity index (χ4v) is 4.63. The number of aromatic nitrogens is 1. The Bertz CT molecular complexity index is 1290. The molecule has 0 saturated heterocycles. The van der Waals surface area contributed by atoms with Crippen LogP contribution in [0, 0.1) is 0 Å². The molecule has 0 atom stereocenters. The normalized spacial score (nSPS) is 11.5. The van der Waals surface area contributed by atoms with E-state index < -0.39 is 25.9 Å². The molecule has 32 heavy (non-hydrogen) atoms. The zero-order valence-electron chi connectivity index (χ0n) is 17.1. The molecule has 11 heteroatoms. The Balaban J connectivity index is 1.69. The van der Waals surface area contributed by atoms with Crippen LogP contribution in [0.25, 0.3) is 0 Å². The maximum absolute atomic E-state index is 12.9. The molecule has 9 nitrogen and oxygen atoms in total. The van der Waals surface area contributed by atoms with Gasteiger partial charge >= 0.3 is 6.03 Å². The molecule has 3 N–H and O–H groups in total. The van der Waals surface area contributed by atoms with Crippen LogP contribution in [0.5, 0.6) is 0 Å². The molecule has 3 aromatic rings. The summed E-state index contributed by atoms with van der Waals surface area (Å²) >= 11 is 0. The van der Waals surface area contributed by atoms with Gasteiger partial charge in [-0.1, -0.05) is 12.1 Å². The number of carbonyl (C=O) groups is 1. The van der Waals surface area contributed by atoms with Crippen LogP contribution in [0.4, 0.5) is 16.2 Å². The van der Waals surface area contributed by atoms with Gasteiger partial charge in [-0.2, -0.15) is 0 Å². The van der Waals surface area contributed by atoms with Gasteiger partial charge in [-0.15, -0.1) is 0 Å². The Hall–Kier alpha value is -3.44. The van der Waals surface area contributed by atoms with Crippen molar-refractivity contribution < 1.29 is 21.6 Å². The lowest BCUT2D eigenvalue weighted by atomic mass is 10.3. The maximum atomic E-state index is 12.9. The van der Waals surface area contributed by atoms with E-state index in [1.165, 1.54) is 55.5 Å². The van der Waals surface area contributed by atoms with Gasteiger partial charge in [0.05, 0.1) is 15.5 Å². The van der Waals surface area contributed by atoms with E-state index in [4.69, 9.17) is 0 Å². The Morgan fingerprint density at radius 2 is 1.66 bits per heavy atom. The third-order valence-corrected chi connectivity index (χ3v) is 7.47. The molecular formula is C21H22N4O5S2. The summed E-state index contributed by atoms with van der Waals surface area (Å²) in [6, 6.07) is 14.4. The number of benzene rings is 2.